The third kappa shape index (κ3) is 3.47. The normalized spacial score (nSPS) is 16.1. The third-order valence-electron chi connectivity index (χ3n) is 5.47. The number of benzene rings is 2. The number of nitrogens with zero attached hydrogens (tertiary/aromatic N) is 1. The van der Waals surface area contributed by atoms with Gasteiger partial charge in [-0.1, -0.05) is 30.3 Å². The van der Waals surface area contributed by atoms with Crippen LogP contribution < -0.4 is 5.32 Å². The Morgan fingerprint density at radius 1 is 0.967 bits per heavy atom. The lowest BCUT2D eigenvalue weighted by Crippen LogP contribution is -2.38. The number of carbonyl (C=O) groups excluding carboxylic acids is 1. The Morgan fingerprint density at radius 3 is 2.57 bits per heavy atom. The summed E-state index contributed by atoms with van der Waals surface area (Å²) in [7, 11) is -3.66. The van der Waals surface area contributed by atoms with Gasteiger partial charge in [0.2, 0.25) is 10.0 Å². The number of thiophene rings is 1. The van der Waals surface area contributed by atoms with E-state index in [0.29, 0.717) is 18.8 Å². The molecule has 1 fully saturated rings. The Kier molecular flexibility index (Phi) is 5.18. The molecule has 1 aromatic heterocycles. The Bertz CT molecular complexity index is 1230. The molecule has 154 valence electrons. The summed E-state index contributed by atoms with van der Waals surface area (Å²) in [6.45, 7) is 0.963. The molecule has 0 saturated carbocycles. The zero-order valence-corrected chi connectivity index (χ0v) is 18.6. The molecule has 0 atom stereocenters. The standard InChI is InChI=1S/C22H20N2O3S3/c25-22(21-20(7-10-29-21)30(26,27)24-8-11-28-12-9-24)23-17-5-6-19-16(14-17)13-15-3-1-2-4-18(15)19/h1-7,10,14H,8-9,11-13H2,(H,23,25). The van der Waals surface area contributed by atoms with Gasteiger partial charge in [-0.2, -0.15) is 16.1 Å². The van der Waals surface area contributed by atoms with Crippen molar-refractivity contribution in [2.24, 2.45) is 0 Å². The monoisotopic (exact) mass is 456 g/mol. The molecule has 1 aliphatic carbocycles. The summed E-state index contributed by atoms with van der Waals surface area (Å²) in [6.07, 6.45) is 0.834. The maximum absolute atomic E-state index is 13.0. The predicted octanol–water partition coefficient (Wildman–Crippen LogP) is 4.31. The molecule has 1 amide bonds. The predicted molar refractivity (Wildman–Crippen MR) is 123 cm³/mol. The Balaban J connectivity index is 1.39. The van der Waals surface area contributed by atoms with Crippen LogP contribution in [-0.2, 0) is 16.4 Å². The number of nitrogens with one attached hydrogen (secondary N) is 1. The van der Waals surface area contributed by atoms with E-state index in [1.807, 2.05) is 30.3 Å². The molecule has 2 heterocycles. The number of hydrogen-bond donors (Lipinski definition) is 1. The van der Waals surface area contributed by atoms with E-state index in [2.05, 4.69) is 17.4 Å². The molecular formula is C22H20N2O3S3. The molecule has 3 aromatic rings. The zero-order chi connectivity index (χ0) is 20.7. The first-order valence-electron chi connectivity index (χ1n) is 9.72. The third-order valence-corrected chi connectivity index (χ3v) is 9.40. The van der Waals surface area contributed by atoms with Crippen molar-refractivity contribution in [3.8, 4) is 11.1 Å². The van der Waals surface area contributed by atoms with E-state index >= 15 is 0 Å². The van der Waals surface area contributed by atoms with E-state index in [9.17, 15) is 13.2 Å². The Labute approximate surface area is 184 Å². The fraction of sp³-hybridized carbons (Fsp3) is 0.227. The fourth-order valence-corrected chi connectivity index (χ4v) is 7.87. The van der Waals surface area contributed by atoms with Crippen LogP contribution in [-0.4, -0.2) is 43.2 Å². The molecule has 0 unspecified atom stereocenters. The number of thioether (sulfide) groups is 1. The minimum Gasteiger partial charge on any atom is -0.321 e. The Morgan fingerprint density at radius 2 is 1.73 bits per heavy atom. The van der Waals surface area contributed by atoms with Gasteiger partial charge in [0.1, 0.15) is 9.77 Å². The van der Waals surface area contributed by atoms with Crippen molar-refractivity contribution in [3.05, 3.63) is 69.9 Å². The van der Waals surface area contributed by atoms with E-state index in [1.54, 1.807) is 17.1 Å². The van der Waals surface area contributed by atoms with Crippen LogP contribution in [0.1, 0.15) is 20.8 Å². The maximum Gasteiger partial charge on any atom is 0.267 e. The highest BCUT2D eigenvalue weighted by Crippen LogP contribution is 2.38. The molecule has 1 saturated heterocycles. The van der Waals surface area contributed by atoms with Crippen molar-refractivity contribution in [1.82, 2.24) is 4.31 Å². The second-order valence-electron chi connectivity index (χ2n) is 7.29. The molecule has 30 heavy (non-hydrogen) atoms. The maximum atomic E-state index is 13.0. The van der Waals surface area contributed by atoms with E-state index in [4.69, 9.17) is 0 Å². The van der Waals surface area contributed by atoms with Crippen LogP contribution >= 0.6 is 23.1 Å². The molecule has 0 spiro atoms. The van der Waals surface area contributed by atoms with Gasteiger partial charge >= 0.3 is 0 Å². The van der Waals surface area contributed by atoms with Crippen molar-refractivity contribution < 1.29 is 13.2 Å². The summed E-state index contributed by atoms with van der Waals surface area (Å²) < 4.78 is 27.6. The van der Waals surface area contributed by atoms with Gasteiger partial charge < -0.3 is 5.32 Å². The van der Waals surface area contributed by atoms with Crippen LogP contribution in [0.2, 0.25) is 0 Å². The molecule has 8 heteroatoms. The number of anilines is 1. The van der Waals surface area contributed by atoms with Crippen LogP contribution in [0.4, 0.5) is 5.69 Å². The minimum absolute atomic E-state index is 0.102. The average molecular weight is 457 g/mol. The molecule has 2 aliphatic rings. The van der Waals surface area contributed by atoms with Gasteiger partial charge in [0, 0.05) is 30.3 Å². The Hall–Kier alpha value is -2.13. The lowest BCUT2D eigenvalue weighted by atomic mass is 10.1. The van der Waals surface area contributed by atoms with Gasteiger partial charge in [-0.05, 0) is 52.3 Å². The first-order chi connectivity index (χ1) is 14.5. The summed E-state index contributed by atoms with van der Waals surface area (Å²) in [5, 5.41) is 4.57. The summed E-state index contributed by atoms with van der Waals surface area (Å²) in [5.74, 6) is 1.18. The molecule has 2 aromatic carbocycles. The van der Waals surface area contributed by atoms with E-state index in [-0.39, 0.29) is 15.7 Å². The van der Waals surface area contributed by atoms with Crippen molar-refractivity contribution >= 4 is 44.7 Å². The van der Waals surface area contributed by atoms with E-state index in [0.717, 1.165) is 29.3 Å². The number of carbonyl (C=O) groups is 1. The minimum atomic E-state index is -3.66. The van der Waals surface area contributed by atoms with Gasteiger partial charge in [-0.3, -0.25) is 4.79 Å². The van der Waals surface area contributed by atoms with E-state index < -0.39 is 10.0 Å². The van der Waals surface area contributed by atoms with Crippen molar-refractivity contribution in [1.29, 1.82) is 0 Å². The fourth-order valence-electron chi connectivity index (χ4n) is 4.00. The summed E-state index contributed by atoms with van der Waals surface area (Å²) in [6, 6.07) is 15.7. The highest BCUT2D eigenvalue weighted by Gasteiger charge is 2.31. The lowest BCUT2D eigenvalue weighted by Gasteiger charge is -2.25. The number of fused-ring (bicyclic) bond motifs is 3. The highest BCUT2D eigenvalue weighted by molar-refractivity contribution is 7.99. The van der Waals surface area contributed by atoms with Gasteiger partial charge in [0.15, 0.2) is 0 Å². The second kappa shape index (κ2) is 7.85. The first kappa shape index (κ1) is 19.8. The average Bonchev–Trinajstić information content (AvgIpc) is 3.39. The molecule has 0 bridgehead atoms. The van der Waals surface area contributed by atoms with Crippen molar-refractivity contribution in [3.63, 3.8) is 0 Å². The van der Waals surface area contributed by atoms with Crippen LogP contribution in [0, 0.1) is 0 Å². The number of rotatable bonds is 4. The first-order valence-corrected chi connectivity index (χ1v) is 13.2. The van der Waals surface area contributed by atoms with Gasteiger partial charge in [-0.25, -0.2) is 8.42 Å². The van der Waals surface area contributed by atoms with Crippen molar-refractivity contribution in [2.75, 3.05) is 29.9 Å². The highest BCUT2D eigenvalue weighted by atomic mass is 32.2. The zero-order valence-electron chi connectivity index (χ0n) is 16.1. The summed E-state index contributed by atoms with van der Waals surface area (Å²) in [5.41, 5.74) is 5.54. The van der Waals surface area contributed by atoms with Gasteiger partial charge in [0.25, 0.3) is 5.91 Å². The SMILES string of the molecule is O=C(Nc1ccc2c(c1)Cc1ccccc1-2)c1sccc1S(=O)(=O)N1CCSCC1. The van der Waals surface area contributed by atoms with Crippen LogP contribution in [0.25, 0.3) is 11.1 Å². The topological polar surface area (TPSA) is 66.5 Å². The number of sulfonamides is 1. The number of amides is 1. The molecule has 1 N–H and O–H groups in total. The lowest BCUT2D eigenvalue weighted by molar-refractivity contribution is 0.102. The van der Waals surface area contributed by atoms with Crippen molar-refractivity contribution in [2.45, 2.75) is 11.3 Å². The molecule has 1 aliphatic heterocycles. The largest absolute Gasteiger partial charge is 0.321 e. The van der Waals surface area contributed by atoms with Crippen LogP contribution in [0.15, 0.2) is 58.8 Å². The summed E-state index contributed by atoms with van der Waals surface area (Å²) >= 11 is 2.91. The summed E-state index contributed by atoms with van der Waals surface area (Å²) in [4.78, 5) is 13.3. The second-order valence-corrected chi connectivity index (χ2v) is 11.3. The van der Waals surface area contributed by atoms with Crippen LogP contribution in [0.5, 0.6) is 0 Å². The van der Waals surface area contributed by atoms with Crippen LogP contribution in [0.3, 0.4) is 0 Å². The number of hydrogen-bond acceptors (Lipinski definition) is 5. The molecule has 5 rings (SSSR count). The van der Waals surface area contributed by atoms with Gasteiger partial charge in [-0.15, -0.1) is 11.3 Å². The molecule has 5 nitrogen and oxygen atoms in total. The molecular weight excluding hydrogens is 436 g/mol. The quantitative estimate of drug-likeness (QED) is 0.497. The van der Waals surface area contributed by atoms with E-state index in [1.165, 1.54) is 32.6 Å². The smallest absolute Gasteiger partial charge is 0.267 e. The van der Waals surface area contributed by atoms with Gasteiger partial charge in [0.05, 0.1) is 0 Å². The molecule has 0 radical (unpaired) electrons.